The molecule has 0 aromatic heterocycles. The quantitative estimate of drug-likeness (QED) is 0.646. The summed E-state index contributed by atoms with van der Waals surface area (Å²) in [5.74, 6) is -0.0128. The first kappa shape index (κ1) is 16.4. The van der Waals surface area contributed by atoms with Crippen LogP contribution in [0.15, 0.2) is 0 Å². The van der Waals surface area contributed by atoms with Crippen LogP contribution in [0.4, 0.5) is 0 Å². The standard InChI is InChI=1S/C13H28N2O2/c1-4-7-8-12(14)13(17)15(9-10-16)11(5-2)6-3/h11-12,16H,4-10,14H2,1-3H3. The molecule has 4 nitrogen and oxygen atoms in total. The van der Waals surface area contributed by atoms with Crippen LogP contribution in [-0.2, 0) is 4.79 Å². The summed E-state index contributed by atoms with van der Waals surface area (Å²) < 4.78 is 0. The summed E-state index contributed by atoms with van der Waals surface area (Å²) in [5.41, 5.74) is 5.91. The molecule has 1 amide bonds. The summed E-state index contributed by atoms with van der Waals surface area (Å²) in [6, 6.07) is -0.218. The Morgan fingerprint density at radius 2 is 1.88 bits per heavy atom. The van der Waals surface area contributed by atoms with E-state index in [-0.39, 0.29) is 18.6 Å². The van der Waals surface area contributed by atoms with Gasteiger partial charge in [0.05, 0.1) is 12.6 Å². The Bertz CT molecular complexity index is 206. The van der Waals surface area contributed by atoms with Gasteiger partial charge in [-0.2, -0.15) is 0 Å². The predicted molar refractivity (Wildman–Crippen MR) is 70.7 cm³/mol. The van der Waals surface area contributed by atoms with Crippen molar-refractivity contribution in [2.75, 3.05) is 13.2 Å². The van der Waals surface area contributed by atoms with Gasteiger partial charge in [-0.1, -0.05) is 33.6 Å². The van der Waals surface area contributed by atoms with Crippen molar-refractivity contribution in [3.63, 3.8) is 0 Å². The van der Waals surface area contributed by atoms with Gasteiger partial charge in [-0.05, 0) is 19.3 Å². The fourth-order valence-electron chi connectivity index (χ4n) is 2.07. The summed E-state index contributed by atoms with van der Waals surface area (Å²) in [5, 5.41) is 9.05. The highest BCUT2D eigenvalue weighted by Crippen LogP contribution is 2.11. The van der Waals surface area contributed by atoms with E-state index >= 15 is 0 Å². The average molecular weight is 244 g/mol. The van der Waals surface area contributed by atoms with E-state index in [1.807, 2.05) is 0 Å². The molecule has 1 atom stereocenters. The fourth-order valence-corrected chi connectivity index (χ4v) is 2.07. The molecule has 0 aliphatic rings. The van der Waals surface area contributed by atoms with E-state index in [4.69, 9.17) is 10.8 Å². The summed E-state index contributed by atoms with van der Waals surface area (Å²) >= 11 is 0. The number of carbonyl (C=O) groups excluding carboxylic acids is 1. The molecule has 0 aliphatic carbocycles. The highest BCUT2D eigenvalue weighted by molar-refractivity contribution is 5.81. The zero-order valence-electron chi connectivity index (χ0n) is 11.5. The Kier molecular flexibility index (Phi) is 9.09. The molecule has 17 heavy (non-hydrogen) atoms. The molecule has 0 saturated heterocycles. The third-order valence-corrected chi connectivity index (χ3v) is 3.19. The molecule has 0 fully saturated rings. The van der Waals surface area contributed by atoms with Crippen LogP contribution in [0, 0.1) is 0 Å². The molecule has 0 radical (unpaired) electrons. The first-order valence-electron chi connectivity index (χ1n) is 6.79. The van der Waals surface area contributed by atoms with Crippen molar-refractivity contribution in [1.29, 1.82) is 0 Å². The van der Waals surface area contributed by atoms with Crippen molar-refractivity contribution >= 4 is 5.91 Å². The molecule has 0 saturated carbocycles. The SMILES string of the molecule is CCCCC(N)C(=O)N(CCO)C(CC)CC. The normalized spacial score (nSPS) is 12.8. The monoisotopic (exact) mass is 244 g/mol. The zero-order valence-corrected chi connectivity index (χ0v) is 11.5. The van der Waals surface area contributed by atoms with Gasteiger partial charge in [-0.3, -0.25) is 4.79 Å². The minimum absolute atomic E-state index is 0.00272. The van der Waals surface area contributed by atoms with Crippen LogP contribution in [0.1, 0.15) is 52.9 Å². The lowest BCUT2D eigenvalue weighted by Crippen LogP contribution is -2.49. The van der Waals surface area contributed by atoms with Gasteiger partial charge in [-0.25, -0.2) is 0 Å². The summed E-state index contributed by atoms with van der Waals surface area (Å²) in [7, 11) is 0. The Balaban J connectivity index is 4.51. The first-order valence-corrected chi connectivity index (χ1v) is 6.79. The topological polar surface area (TPSA) is 66.6 Å². The molecule has 4 heteroatoms. The van der Waals surface area contributed by atoms with E-state index in [0.717, 1.165) is 32.1 Å². The number of aliphatic hydroxyl groups excluding tert-OH is 1. The molecule has 1 unspecified atom stereocenters. The van der Waals surface area contributed by atoms with Gasteiger partial charge in [0, 0.05) is 12.6 Å². The van der Waals surface area contributed by atoms with Gasteiger partial charge < -0.3 is 15.7 Å². The van der Waals surface area contributed by atoms with E-state index in [1.54, 1.807) is 4.90 Å². The van der Waals surface area contributed by atoms with Crippen LogP contribution in [-0.4, -0.2) is 41.1 Å². The second kappa shape index (κ2) is 9.42. The van der Waals surface area contributed by atoms with Crippen LogP contribution in [0.3, 0.4) is 0 Å². The van der Waals surface area contributed by atoms with E-state index < -0.39 is 6.04 Å². The maximum atomic E-state index is 12.2. The fraction of sp³-hybridized carbons (Fsp3) is 0.923. The number of aliphatic hydroxyl groups is 1. The number of hydrogen-bond acceptors (Lipinski definition) is 3. The summed E-state index contributed by atoms with van der Waals surface area (Å²) in [6.45, 7) is 6.60. The molecule has 0 heterocycles. The molecule has 0 rings (SSSR count). The number of rotatable bonds is 9. The van der Waals surface area contributed by atoms with Gasteiger partial charge in [-0.15, -0.1) is 0 Å². The lowest BCUT2D eigenvalue weighted by molar-refractivity contribution is -0.135. The maximum Gasteiger partial charge on any atom is 0.239 e. The second-order valence-corrected chi connectivity index (χ2v) is 4.47. The lowest BCUT2D eigenvalue weighted by Gasteiger charge is -2.32. The Labute approximate surface area is 105 Å². The summed E-state index contributed by atoms with van der Waals surface area (Å²) in [6.07, 6.45) is 4.57. The Hall–Kier alpha value is -0.610. The van der Waals surface area contributed by atoms with Crippen LogP contribution < -0.4 is 5.73 Å². The number of amides is 1. The molecule has 0 aromatic carbocycles. The number of nitrogens with two attached hydrogens (primary N) is 1. The molecular formula is C13H28N2O2. The third kappa shape index (κ3) is 5.50. The van der Waals surface area contributed by atoms with E-state index in [9.17, 15) is 4.79 Å². The van der Waals surface area contributed by atoms with E-state index in [1.165, 1.54) is 0 Å². The predicted octanol–water partition coefficient (Wildman–Crippen LogP) is 1.51. The van der Waals surface area contributed by atoms with Gasteiger partial charge in [0.2, 0.25) is 5.91 Å². The van der Waals surface area contributed by atoms with E-state index in [0.29, 0.717) is 6.54 Å². The first-order chi connectivity index (χ1) is 8.12. The average Bonchev–Trinajstić information content (AvgIpc) is 2.35. The van der Waals surface area contributed by atoms with Gasteiger partial charge in [0.1, 0.15) is 0 Å². The van der Waals surface area contributed by atoms with Crippen molar-refractivity contribution in [3.8, 4) is 0 Å². The largest absolute Gasteiger partial charge is 0.395 e. The van der Waals surface area contributed by atoms with Crippen molar-refractivity contribution in [3.05, 3.63) is 0 Å². The minimum Gasteiger partial charge on any atom is -0.395 e. The van der Waals surface area contributed by atoms with Gasteiger partial charge in [0.15, 0.2) is 0 Å². The van der Waals surface area contributed by atoms with Crippen molar-refractivity contribution in [1.82, 2.24) is 4.90 Å². The molecule has 0 spiro atoms. The van der Waals surface area contributed by atoms with Gasteiger partial charge >= 0.3 is 0 Å². The molecule has 3 N–H and O–H groups in total. The number of carbonyl (C=O) groups is 1. The number of unbranched alkanes of at least 4 members (excludes halogenated alkanes) is 1. The van der Waals surface area contributed by atoms with Crippen molar-refractivity contribution < 1.29 is 9.90 Å². The molecule has 102 valence electrons. The Morgan fingerprint density at radius 1 is 1.29 bits per heavy atom. The third-order valence-electron chi connectivity index (χ3n) is 3.19. The van der Waals surface area contributed by atoms with Crippen LogP contribution in [0.5, 0.6) is 0 Å². The zero-order chi connectivity index (χ0) is 13.3. The molecular weight excluding hydrogens is 216 g/mol. The molecule has 0 aromatic rings. The van der Waals surface area contributed by atoms with Crippen molar-refractivity contribution in [2.24, 2.45) is 5.73 Å². The summed E-state index contributed by atoms with van der Waals surface area (Å²) in [4.78, 5) is 13.9. The highest BCUT2D eigenvalue weighted by Gasteiger charge is 2.24. The van der Waals surface area contributed by atoms with Crippen molar-refractivity contribution in [2.45, 2.75) is 65.0 Å². The number of hydrogen-bond donors (Lipinski definition) is 2. The second-order valence-electron chi connectivity index (χ2n) is 4.47. The van der Waals surface area contributed by atoms with E-state index in [2.05, 4.69) is 20.8 Å². The minimum atomic E-state index is -0.415. The lowest BCUT2D eigenvalue weighted by atomic mass is 10.1. The maximum absolute atomic E-state index is 12.2. The van der Waals surface area contributed by atoms with Crippen LogP contribution in [0.2, 0.25) is 0 Å². The highest BCUT2D eigenvalue weighted by atomic mass is 16.3. The number of nitrogens with zero attached hydrogens (tertiary/aromatic N) is 1. The molecule has 0 aliphatic heterocycles. The molecule has 0 bridgehead atoms. The van der Waals surface area contributed by atoms with Crippen LogP contribution >= 0.6 is 0 Å². The Morgan fingerprint density at radius 3 is 2.29 bits per heavy atom. The smallest absolute Gasteiger partial charge is 0.239 e. The van der Waals surface area contributed by atoms with Crippen LogP contribution in [0.25, 0.3) is 0 Å². The van der Waals surface area contributed by atoms with Gasteiger partial charge in [0.25, 0.3) is 0 Å².